The third-order valence-electron chi connectivity index (χ3n) is 5.24. The largest absolute Gasteiger partial charge is 0.457 e. The topological polar surface area (TPSA) is 108 Å². The molecule has 0 atom stereocenters. The summed E-state index contributed by atoms with van der Waals surface area (Å²) in [5, 5.41) is 11.8. The molecule has 3 aliphatic heterocycles. The molecule has 0 unspecified atom stereocenters. The lowest BCUT2D eigenvalue weighted by Gasteiger charge is -2.10. The smallest absolute Gasteiger partial charge is 0.283 e. The monoisotopic (exact) mass is 451 g/mol. The molecule has 1 saturated heterocycles. The number of fused-ring (bicyclic) bond motifs is 1. The Hall–Kier alpha value is -3.79. The zero-order chi connectivity index (χ0) is 22.2. The van der Waals surface area contributed by atoms with E-state index in [2.05, 4.69) is 10.1 Å². The van der Waals surface area contributed by atoms with E-state index in [9.17, 15) is 14.0 Å². The van der Waals surface area contributed by atoms with Crippen LogP contribution in [0.25, 0.3) is 28.6 Å². The summed E-state index contributed by atoms with van der Waals surface area (Å²) in [7, 11) is 0. The van der Waals surface area contributed by atoms with Crippen molar-refractivity contribution in [1.29, 1.82) is 5.41 Å². The van der Waals surface area contributed by atoms with Crippen LogP contribution in [0.4, 0.5) is 4.39 Å². The summed E-state index contributed by atoms with van der Waals surface area (Å²) in [6, 6.07) is 9.24. The zero-order valence-corrected chi connectivity index (χ0v) is 17.6. The van der Waals surface area contributed by atoms with Crippen LogP contribution >= 0.6 is 11.3 Å². The van der Waals surface area contributed by atoms with Gasteiger partial charge in [-0.25, -0.2) is 9.07 Å². The predicted octanol–water partition coefficient (Wildman–Crippen LogP) is 1.17. The first kappa shape index (κ1) is 20.1. The highest BCUT2D eigenvalue weighted by Gasteiger charge is 2.17. The fraction of sp³-hybridized carbons (Fsp3) is 0.182. The maximum Gasteiger partial charge on any atom is 0.283 e. The van der Waals surface area contributed by atoms with Gasteiger partial charge in [0.1, 0.15) is 22.0 Å². The second kappa shape index (κ2) is 8.04. The van der Waals surface area contributed by atoms with Crippen molar-refractivity contribution in [2.45, 2.75) is 12.8 Å². The Labute approximate surface area is 184 Å². The van der Waals surface area contributed by atoms with E-state index in [1.54, 1.807) is 29.2 Å². The minimum Gasteiger partial charge on any atom is -0.457 e. The standard InChI is InChI=1S/C22H18FN5O3S/c23-14-5-3-13(4-6-14)17-8-7-15(31-17)11-16-20(24)28-22(25-21(16)30)32-18(26-28)12-19(29)27-9-1-2-10-27/h3-8,11-12,24,26H,1-2,9-10H2/b16-11-,18-12+,24-20?. The van der Waals surface area contributed by atoms with Crippen LogP contribution in [0.1, 0.15) is 18.6 Å². The molecule has 0 radical (unpaired) electrons. The van der Waals surface area contributed by atoms with Gasteiger partial charge in [0.2, 0.25) is 11.0 Å². The average molecular weight is 451 g/mol. The van der Waals surface area contributed by atoms with Crippen LogP contribution in [-0.4, -0.2) is 38.7 Å². The van der Waals surface area contributed by atoms with Crippen molar-refractivity contribution in [2.75, 3.05) is 13.1 Å². The van der Waals surface area contributed by atoms with Crippen molar-refractivity contribution in [3.05, 3.63) is 73.7 Å². The quantitative estimate of drug-likeness (QED) is 0.488. The summed E-state index contributed by atoms with van der Waals surface area (Å²) in [4.78, 5) is 30.7. The lowest BCUT2D eigenvalue weighted by Crippen LogP contribution is -2.47. The molecule has 32 heavy (non-hydrogen) atoms. The summed E-state index contributed by atoms with van der Waals surface area (Å²) in [5.41, 5.74) is 0.0307. The maximum atomic E-state index is 13.1. The number of benzene rings is 1. The molecule has 10 heteroatoms. The van der Waals surface area contributed by atoms with E-state index in [0.717, 1.165) is 37.3 Å². The van der Waals surface area contributed by atoms with Crippen LogP contribution in [-0.2, 0) is 4.79 Å². The van der Waals surface area contributed by atoms with Crippen LogP contribution in [0.2, 0.25) is 0 Å². The Bertz CT molecular complexity index is 1510. The highest BCUT2D eigenvalue weighted by Crippen LogP contribution is 2.22. The minimum absolute atomic E-state index is 0.0500. The summed E-state index contributed by atoms with van der Waals surface area (Å²) in [6.07, 6.45) is 4.91. The van der Waals surface area contributed by atoms with Gasteiger partial charge in [-0.05, 0) is 55.3 Å². The number of carbonyl (C=O) groups is 1. The van der Waals surface area contributed by atoms with Gasteiger partial charge in [-0.1, -0.05) is 11.3 Å². The van der Waals surface area contributed by atoms with E-state index < -0.39 is 5.56 Å². The molecular formula is C22H18FN5O3S. The molecule has 8 nitrogen and oxygen atoms in total. The van der Waals surface area contributed by atoms with Gasteiger partial charge in [-0.2, -0.15) is 4.98 Å². The zero-order valence-electron chi connectivity index (χ0n) is 16.8. The first-order valence-electron chi connectivity index (χ1n) is 10.0. The van der Waals surface area contributed by atoms with Crippen molar-refractivity contribution >= 4 is 29.4 Å². The van der Waals surface area contributed by atoms with Crippen molar-refractivity contribution in [3.63, 3.8) is 0 Å². The molecule has 0 bridgehead atoms. The van der Waals surface area contributed by atoms with Crippen molar-refractivity contribution < 1.29 is 13.6 Å². The number of hydrogen-bond acceptors (Lipinski definition) is 6. The van der Waals surface area contributed by atoms with Gasteiger partial charge in [-0.3, -0.25) is 20.1 Å². The Balaban J connectivity index is 1.54. The molecule has 0 saturated carbocycles. The summed E-state index contributed by atoms with van der Waals surface area (Å²) < 4.78 is 20.8. The molecule has 3 aliphatic rings. The minimum atomic E-state index is -0.567. The van der Waals surface area contributed by atoms with E-state index in [1.807, 2.05) is 0 Å². The summed E-state index contributed by atoms with van der Waals surface area (Å²) in [5.74, 6) is 0.429. The molecular weight excluding hydrogens is 433 g/mol. The number of H-pyrrole nitrogens is 1. The van der Waals surface area contributed by atoms with Gasteiger partial charge >= 0.3 is 0 Å². The van der Waals surface area contributed by atoms with Crippen LogP contribution in [0.5, 0.6) is 0 Å². The van der Waals surface area contributed by atoms with Crippen LogP contribution in [0, 0.1) is 11.2 Å². The predicted molar refractivity (Wildman–Crippen MR) is 116 cm³/mol. The number of furan rings is 1. The highest BCUT2D eigenvalue weighted by molar-refractivity contribution is 7.11. The number of hydrogen-bond donors (Lipinski definition) is 2. The third kappa shape index (κ3) is 3.80. The number of halogens is 1. The SMILES string of the molecule is N=c1/c(=C/c2ccc(-c3ccc(F)cc3)o2)c(=O)nc2s/c(=C/C(=O)N3CCCC3)[nH]n1-2. The van der Waals surface area contributed by atoms with Gasteiger partial charge < -0.3 is 9.32 Å². The van der Waals surface area contributed by atoms with Crippen LogP contribution in [0.3, 0.4) is 0 Å². The fourth-order valence-corrected chi connectivity index (χ4v) is 4.44. The normalized spacial score (nSPS) is 15.2. The number of rotatable bonds is 3. The summed E-state index contributed by atoms with van der Waals surface area (Å²) in [6.45, 7) is 1.48. The van der Waals surface area contributed by atoms with Gasteiger partial charge in [0.25, 0.3) is 5.56 Å². The lowest BCUT2D eigenvalue weighted by atomic mass is 10.2. The molecule has 0 aliphatic carbocycles. The van der Waals surface area contributed by atoms with E-state index in [-0.39, 0.29) is 22.4 Å². The molecule has 0 spiro atoms. The Morgan fingerprint density at radius 1 is 1.19 bits per heavy atom. The Kier molecular flexibility index (Phi) is 5.06. The first-order valence-corrected chi connectivity index (χ1v) is 10.8. The molecule has 4 heterocycles. The number of aromatic nitrogens is 3. The van der Waals surface area contributed by atoms with E-state index in [1.165, 1.54) is 29.0 Å². The van der Waals surface area contributed by atoms with E-state index in [0.29, 0.717) is 26.9 Å². The highest BCUT2D eigenvalue weighted by atomic mass is 32.1. The molecule has 5 rings (SSSR count). The van der Waals surface area contributed by atoms with Gasteiger partial charge in [0.15, 0.2) is 5.49 Å². The Morgan fingerprint density at radius 2 is 1.94 bits per heavy atom. The van der Waals surface area contributed by atoms with Crippen molar-refractivity contribution in [3.8, 4) is 16.5 Å². The van der Waals surface area contributed by atoms with E-state index >= 15 is 0 Å². The van der Waals surface area contributed by atoms with Gasteiger partial charge in [0, 0.05) is 24.7 Å². The lowest BCUT2D eigenvalue weighted by molar-refractivity contribution is -0.123. The summed E-state index contributed by atoms with van der Waals surface area (Å²) >= 11 is 1.14. The number of aromatic amines is 1. The molecule has 1 fully saturated rings. The van der Waals surface area contributed by atoms with Crippen molar-refractivity contribution in [2.24, 2.45) is 0 Å². The van der Waals surface area contributed by atoms with Crippen LogP contribution < -0.4 is 20.9 Å². The van der Waals surface area contributed by atoms with Crippen molar-refractivity contribution in [1.82, 2.24) is 19.7 Å². The number of nitrogens with zero attached hydrogens (tertiary/aromatic N) is 3. The van der Waals surface area contributed by atoms with Crippen LogP contribution in [0.15, 0.2) is 45.6 Å². The molecule has 2 aromatic rings. The average Bonchev–Trinajstić information content (AvgIpc) is 3.53. The molecule has 1 aromatic carbocycles. The Morgan fingerprint density at radius 3 is 2.69 bits per heavy atom. The van der Waals surface area contributed by atoms with Gasteiger partial charge in [-0.15, -0.1) is 0 Å². The maximum absolute atomic E-state index is 13.1. The van der Waals surface area contributed by atoms with E-state index in [4.69, 9.17) is 9.83 Å². The molecule has 162 valence electrons. The number of likely N-dealkylation sites (tertiary alicyclic amines) is 1. The number of nitrogens with one attached hydrogen (secondary N) is 2. The molecule has 1 amide bonds. The number of carbonyl (C=O) groups excluding carboxylic acids is 1. The molecule has 2 N–H and O–H groups in total. The second-order valence-electron chi connectivity index (χ2n) is 7.41. The van der Waals surface area contributed by atoms with Gasteiger partial charge in [0.05, 0.1) is 5.22 Å². The fourth-order valence-electron chi connectivity index (χ4n) is 3.59. The third-order valence-corrected chi connectivity index (χ3v) is 6.12. The second-order valence-corrected chi connectivity index (χ2v) is 8.41. The first-order chi connectivity index (χ1) is 15.5. The molecule has 1 aromatic heterocycles. The number of amides is 1.